The van der Waals surface area contributed by atoms with Crippen molar-refractivity contribution in [2.24, 2.45) is 11.3 Å². The number of piperidine rings is 1. The Hall–Kier alpha value is -0.190. The summed E-state index contributed by atoms with van der Waals surface area (Å²) in [5.41, 5.74) is 0.0993. The Bertz CT molecular complexity index is 163. The fourth-order valence-corrected chi connectivity index (χ4v) is 1.66. The van der Waals surface area contributed by atoms with Crippen LogP contribution in [0.2, 0.25) is 0 Å². The van der Waals surface area contributed by atoms with E-state index in [2.05, 4.69) is 25.1 Å². The van der Waals surface area contributed by atoms with Crippen molar-refractivity contribution in [2.45, 2.75) is 26.7 Å². The highest BCUT2D eigenvalue weighted by Gasteiger charge is 2.28. The van der Waals surface area contributed by atoms with Gasteiger partial charge in [-0.3, -0.25) is 0 Å². The van der Waals surface area contributed by atoms with Gasteiger partial charge in [0.15, 0.2) is 0 Å². The first-order valence-electron chi connectivity index (χ1n) is 4.35. The molecule has 0 aliphatic carbocycles. The molecule has 0 aromatic rings. The van der Waals surface area contributed by atoms with Gasteiger partial charge in [0, 0.05) is 5.41 Å². The summed E-state index contributed by atoms with van der Waals surface area (Å²) in [6.45, 7) is 6.61. The third-order valence-corrected chi connectivity index (χ3v) is 2.73. The zero-order valence-corrected chi connectivity index (χ0v) is 8.71. The summed E-state index contributed by atoms with van der Waals surface area (Å²) < 4.78 is 0. The molecule has 0 aromatic carbocycles. The van der Waals surface area contributed by atoms with Crippen LogP contribution in [0.3, 0.4) is 0 Å². The van der Waals surface area contributed by atoms with E-state index in [0.717, 1.165) is 13.1 Å². The molecule has 0 aromatic heterocycles. The third-order valence-electron chi connectivity index (χ3n) is 2.73. The highest BCUT2D eigenvalue weighted by atomic mass is 35.5. The zero-order valence-electron chi connectivity index (χ0n) is 7.89. The van der Waals surface area contributed by atoms with Gasteiger partial charge < -0.3 is 5.32 Å². The predicted octanol–water partition coefficient (Wildman–Crippen LogP) is 2.07. The number of nitrogens with one attached hydrogen (secondary N) is 1. The first kappa shape index (κ1) is 11.8. The van der Waals surface area contributed by atoms with Crippen LogP contribution < -0.4 is 5.32 Å². The van der Waals surface area contributed by atoms with Crippen molar-refractivity contribution in [3.05, 3.63) is 0 Å². The Morgan fingerprint density at radius 2 is 1.83 bits per heavy atom. The maximum Gasteiger partial charge on any atom is 0.0284 e. The van der Waals surface area contributed by atoms with E-state index in [1.807, 2.05) is 0 Å². The molecule has 0 amide bonds. The molecule has 2 heteroatoms. The molecule has 0 saturated carbocycles. The SMILES string of the molecule is C#CC(C)(C)C1CCNCC1.Cl. The molecular weight excluding hydrogens is 170 g/mol. The predicted molar refractivity (Wildman–Crippen MR) is 55.5 cm³/mol. The largest absolute Gasteiger partial charge is 0.317 e. The Morgan fingerprint density at radius 1 is 1.33 bits per heavy atom. The van der Waals surface area contributed by atoms with Gasteiger partial charge in [0.2, 0.25) is 0 Å². The van der Waals surface area contributed by atoms with E-state index in [9.17, 15) is 0 Å². The number of hydrogen-bond acceptors (Lipinski definition) is 1. The van der Waals surface area contributed by atoms with Crippen molar-refractivity contribution in [1.82, 2.24) is 5.32 Å². The van der Waals surface area contributed by atoms with Gasteiger partial charge in [-0.15, -0.1) is 24.8 Å². The molecule has 1 aliphatic rings. The topological polar surface area (TPSA) is 12.0 Å². The van der Waals surface area contributed by atoms with Gasteiger partial charge in [-0.1, -0.05) is 0 Å². The van der Waals surface area contributed by atoms with Crippen molar-refractivity contribution in [1.29, 1.82) is 0 Å². The van der Waals surface area contributed by atoms with Crippen molar-refractivity contribution in [3.8, 4) is 12.3 Å². The van der Waals surface area contributed by atoms with E-state index in [1.165, 1.54) is 12.8 Å². The molecule has 12 heavy (non-hydrogen) atoms. The first-order valence-corrected chi connectivity index (χ1v) is 4.35. The van der Waals surface area contributed by atoms with Crippen molar-refractivity contribution in [3.63, 3.8) is 0 Å². The average molecular weight is 188 g/mol. The third kappa shape index (κ3) is 2.69. The van der Waals surface area contributed by atoms with E-state index in [0.29, 0.717) is 5.92 Å². The molecule has 0 radical (unpaired) electrons. The van der Waals surface area contributed by atoms with Crippen molar-refractivity contribution >= 4 is 12.4 Å². The summed E-state index contributed by atoms with van der Waals surface area (Å²) in [7, 11) is 0. The number of rotatable bonds is 1. The normalized spacial score (nSPS) is 19.4. The van der Waals surface area contributed by atoms with Crippen LogP contribution in [0.4, 0.5) is 0 Å². The first-order chi connectivity index (χ1) is 5.17. The van der Waals surface area contributed by atoms with Gasteiger partial charge in [-0.05, 0) is 45.7 Å². The van der Waals surface area contributed by atoms with E-state index >= 15 is 0 Å². The number of halogens is 1. The molecule has 0 atom stereocenters. The maximum atomic E-state index is 5.47. The molecule has 70 valence electrons. The molecule has 0 spiro atoms. The standard InChI is InChI=1S/C10H17N.ClH/c1-4-10(2,3)9-5-7-11-8-6-9;/h1,9,11H,5-8H2,2-3H3;1H. The highest BCUT2D eigenvalue weighted by Crippen LogP contribution is 2.32. The molecule has 0 bridgehead atoms. The zero-order chi connectivity index (χ0) is 8.32. The molecule has 1 saturated heterocycles. The van der Waals surface area contributed by atoms with Crippen LogP contribution in [0.1, 0.15) is 26.7 Å². The van der Waals surface area contributed by atoms with Crippen molar-refractivity contribution in [2.75, 3.05) is 13.1 Å². The molecule has 1 fully saturated rings. The van der Waals surface area contributed by atoms with Gasteiger partial charge in [0.25, 0.3) is 0 Å². The Morgan fingerprint density at radius 3 is 2.25 bits per heavy atom. The van der Waals surface area contributed by atoms with Gasteiger partial charge >= 0.3 is 0 Å². The minimum absolute atomic E-state index is 0. The molecule has 1 aliphatic heterocycles. The molecule has 0 unspecified atom stereocenters. The second-order valence-electron chi connectivity index (χ2n) is 3.89. The molecular formula is C10H18ClN. The fourth-order valence-electron chi connectivity index (χ4n) is 1.66. The summed E-state index contributed by atoms with van der Waals surface area (Å²) in [6, 6.07) is 0. The minimum atomic E-state index is 0. The maximum absolute atomic E-state index is 5.47. The summed E-state index contributed by atoms with van der Waals surface area (Å²) >= 11 is 0. The summed E-state index contributed by atoms with van der Waals surface area (Å²) in [5.74, 6) is 3.60. The van der Waals surface area contributed by atoms with Crippen LogP contribution in [0.25, 0.3) is 0 Å². The van der Waals surface area contributed by atoms with Crippen LogP contribution in [0.15, 0.2) is 0 Å². The number of terminal acetylenes is 1. The lowest BCUT2D eigenvalue weighted by Gasteiger charge is -2.33. The van der Waals surface area contributed by atoms with E-state index < -0.39 is 0 Å². The van der Waals surface area contributed by atoms with Gasteiger partial charge in [0.1, 0.15) is 0 Å². The van der Waals surface area contributed by atoms with E-state index in [4.69, 9.17) is 6.42 Å². The molecule has 1 rings (SSSR count). The molecule has 1 nitrogen and oxygen atoms in total. The second kappa shape index (κ2) is 4.74. The quantitative estimate of drug-likeness (QED) is 0.620. The van der Waals surface area contributed by atoms with Crippen LogP contribution in [-0.4, -0.2) is 13.1 Å². The van der Waals surface area contributed by atoms with Crippen LogP contribution in [0, 0.1) is 23.7 Å². The molecule has 1 N–H and O–H groups in total. The van der Waals surface area contributed by atoms with Gasteiger partial charge in [0.05, 0.1) is 0 Å². The smallest absolute Gasteiger partial charge is 0.0284 e. The lowest BCUT2D eigenvalue weighted by Crippen LogP contribution is -2.34. The van der Waals surface area contributed by atoms with Crippen LogP contribution >= 0.6 is 12.4 Å². The summed E-state index contributed by atoms with van der Waals surface area (Å²) in [6.07, 6.45) is 7.93. The lowest BCUT2D eigenvalue weighted by atomic mass is 9.75. The van der Waals surface area contributed by atoms with Gasteiger partial charge in [-0.25, -0.2) is 0 Å². The Labute approximate surface area is 81.7 Å². The average Bonchev–Trinajstić information content (AvgIpc) is 2.06. The van der Waals surface area contributed by atoms with Crippen LogP contribution in [-0.2, 0) is 0 Å². The second-order valence-corrected chi connectivity index (χ2v) is 3.89. The van der Waals surface area contributed by atoms with Gasteiger partial charge in [-0.2, -0.15) is 0 Å². The van der Waals surface area contributed by atoms with E-state index in [-0.39, 0.29) is 17.8 Å². The Balaban J connectivity index is 0.00000121. The monoisotopic (exact) mass is 187 g/mol. The summed E-state index contributed by atoms with van der Waals surface area (Å²) in [5, 5.41) is 3.34. The number of hydrogen-bond donors (Lipinski definition) is 1. The Kier molecular flexibility index (Phi) is 4.67. The molecule has 1 heterocycles. The lowest BCUT2D eigenvalue weighted by molar-refractivity contribution is 0.230. The van der Waals surface area contributed by atoms with Crippen molar-refractivity contribution < 1.29 is 0 Å². The minimum Gasteiger partial charge on any atom is -0.317 e. The fraction of sp³-hybridized carbons (Fsp3) is 0.800. The van der Waals surface area contributed by atoms with E-state index in [1.54, 1.807) is 0 Å². The highest BCUT2D eigenvalue weighted by molar-refractivity contribution is 5.85. The summed E-state index contributed by atoms with van der Waals surface area (Å²) in [4.78, 5) is 0. The van der Waals surface area contributed by atoms with Crippen LogP contribution in [0.5, 0.6) is 0 Å².